The monoisotopic (exact) mass is 309 g/mol. The normalized spacial score (nSPS) is 28.7. The van der Waals surface area contributed by atoms with Crippen LogP contribution in [0.25, 0.3) is 0 Å². The summed E-state index contributed by atoms with van der Waals surface area (Å²) < 4.78 is 5.65. The van der Waals surface area contributed by atoms with E-state index >= 15 is 0 Å². The number of ether oxygens (including phenoxy) is 1. The summed E-state index contributed by atoms with van der Waals surface area (Å²) in [5.41, 5.74) is 10.7. The maximum absolute atomic E-state index is 12.5. The summed E-state index contributed by atoms with van der Waals surface area (Å²) in [6, 6.07) is 0.0387. The summed E-state index contributed by atoms with van der Waals surface area (Å²) >= 11 is 0. The molecule has 2 aliphatic heterocycles. The van der Waals surface area contributed by atoms with Gasteiger partial charge in [-0.25, -0.2) is 0 Å². The number of rotatable bonds is 2. The molecule has 5 nitrogen and oxygen atoms in total. The third-order valence-corrected chi connectivity index (χ3v) is 4.96. The zero-order chi connectivity index (χ0) is 16.5. The lowest BCUT2D eigenvalue weighted by atomic mass is 9.83. The van der Waals surface area contributed by atoms with Crippen LogP contribution in [0.5, 0.6) is 0 Å². The largest absolute Gasteiger partial charge is 0.376 e. The molecule has 1 unspecified atom stereocenters. The minimum atomic E-state index is -0.273. The van der Waals surface area contributed by atoms with E-state index in [1.807, 2.05) is 4.90 Å². The Balaban J connectivity index is 0.000000561. The number of nitrogens with zero attached hydrogens (tertiary/aromatic N) is 1. The van der Waals surface area contributed by atoms with Crippen molar-refractivity contribution in [3.05, 3.63) is 0 Å². The molecule has 126 valence electrons. The summed E-state index contributed by atoms with van der Waals surface area (Å²) in [5, 5.41) is 0. The predicted molar refractivity (Wildman–Crippen MR) is 89.0 cm³/mol. The van der Waals surface area contributed by atoms with Crippen molar-refractivity contribution in [3.8, 4) is 12.8 Å². The molecule has 1 aliphatic carbocycles. The van der Waals surface area contributed by atoms with E-state index in [-0.39, 0.29) is 18.1 Å². The van der Waals surface area contributed by atoms with Gasteiger partial charge in [-0.15, -0.1) is 12.8 Å². The Kier molecular flexibility index (Phi) is 8.47. The van der Waals surface area contributed by atoms with Crippen LogP contribution in [-0.4, -0.2) is 49.2 Å². The van der Waals surface area contributed by atoms with Crippen LogP contribution in [0.3, 0.4) is 0 Å². The average Bonchev–Trinajstić information content (AvgIpc) is 3.21. The Morgan fingerprint density at radius 3 is 2.41 bits per heavy atom. The van der Waals surface area contributed by atoms with E-state index in [4.69, 9.17) is 10.5 Å². The second-order valence-corrected chi connectivity index (χ2v) is 6.01. The summed E-state index contributed by atoms with van der Waals surface area (Å²) in [4.78, 5) is 14.5. The lowest BCUT2D eigenvalue weighted by Crippen LogP contribution is -2.50. The average molecular weight is 309 g/mol. The Bertz CT molecular complexity index is 353. The molecule has 2 saturated heterocycles. The van der Waals surface area contributed by atoms with Crippen molar-refractivity contribution in [1.82, 2.24) is 4.90 Å². The molecular weight excluding hydrogens is 278 g/mol. The highest BCUT2D eigenvalue weighted by Crippen LogP contribution is 2.32. The minimum absolute atomic E-state index is 0.180. The first kappa shape index (κ1) is 19.0. The minimum Gasteiger partial charge on any atom is -0.376 e. The van der Waals surface area contributed by atoms with Gasteiger partial charge >= 0.3 is 0 Å². The molecule has 5 heteroatoms. The summed E-state index contributed by atoms with van der Waals surface area (Å²) in [5.74, 6) is 0.590. The number of nitrogens with two attached hydrogens (primary N) is 2. The lowest BCUT2D eigenvalue weighted by molar-refractivity contribution is -0.135. The Morgan fingerprint density at radius 1 is 1.14 bits per heavy atom. The van der Waals surface area contributed by atoms with Gasteiger partial charge in [-0.05, 0) is 38.6 Å². The quantitative estimate of drug-likeness (QED) is 0.749. The number of terminal acetylenes is 1. The van der Waals surface area contributed by atoms with Crippen LogP contribution < -0.4 is 11.5 Å². The first-order valence-electron chi connectivity index (χ1n) is 8.36. The Hall–Kier alpha value is -1.09. The zero-order valence-corrected chi connectivity index (χ0v) is 13.7. The summed E-state index contributed by atoms with van der Waals surface area (Å²) in [6.45, 7) is 1.65. The molecule has 3 fully saturated rings. The van der Waals surface area contributed by atoms with Crippen LogP contribution in [0.2, 0.25) is 0 Å². The van der Waals surface area contributed by atoms with Gasteiger partial charge in [0.25, 0.3) is 0 Å². The molecule has 3 rings (SSSR count). The Morgan fingerprint density at radius 2 is 1.77 bits per heavy atom. The third kappa shape index (κ3) is 4.22. The van der Waals surface area contributed by atoms with Gasteiger partial charge in [-0.3, -0.25) is 4.79 Å². The maximum Gasteiger partial charge on any atom is 0.240 e. The van der Waals surface area contributed by atoms with Crippen molar-refractivity contribution in [2.45, 2.75) is 63.1 Å². The highest BCUT2D eigenvalue weighted by atomic mass is 16.5. The van der Waals surface area contributed by atoms with Crippen LogP contribution in [0.15, 0.2) is 0 Å². The molecule has 1 saturated carbocycles. The topological polar surface area (TPSA) is 81.6 Å². The number of hydrogen-bond acceptors (Lipinski definition) is 4. The zero-order valence-electron chi connectivity index (χ0n) is 13.7. The number of fused-ring (bicyclic) bond motifs is 1. The van der Waals surface area contributed by atoms with E-state index in [2.05, 4.69) is 18.6 Å². The van der Waals surface area contributed by atoms with Crippen LogP contribution in [0.4, 0.5) is 0 Å². The van der Waals surface area contributed by atoms with E-state index < -0.39 is 0 Å². The lowest BCUT2D eigenvalue weighted by Gasteiger charge is -2.31. The van der Waals surface area contributed by atoms with Crippen molar-refractivity contribution in [2.24, 2.45) is 17.4 Å². The molecule has 4 N–H and O–H groups in total. The van der Waals surface area contributed by atoms with Crippen LogP contribution in [0.1, 0.15) is 44.9 Å². The van der Waals surface area contributed by atoms with E-state index in [1.165, 1.54) is 26.3 Å². The van der Waals surface area contributed by atoms with Crippen molar-refractivity contribution >= 4 is 5.91 Å². The van der Waals surface area contributed by atoms with Gasteiger partial charge in [-0.2, -0.15) is 0 Å². The van der Waals surface area contributed by atoms with Crippen LogP contribution in [0, 0.1) is 18.8 Å². The van der Waals surface area contributed by atoms with Gasteiger partial charge in [0.05, 0.1) is 18.2 Å². The molecule has 3 atom stereocenters. The van der Waals surface area contributed by atoms with Crippen LogP contribution >= 0.6 is 0 Å². The molecule has 1 amide bonds. The standard InChI is InChI=1S/C14H24N2O2.C2H2.CH5N/c15-13(10-4-2-1-3-5-10)14(17)16-8-6-12-11(16)7-9-18-12;2*1-2/h10-13H,1-9,15H2;1-2H;2H2,1H3/t11-,12-,13?;;/m1../s1. The van der Waals surface area contributed by atoms with Crippen molar-refractivity contribution < 1.29 is 9.53 Å². The van der Waals surface area contributed by atoms with E-state index in [1.54, 1.807) is 0 Å². The SMILES string of the molecule is C#C.CN.NC(C(=O)N1CC[C@H]2OCC[C@H]21)C1CCCCC1. The second kappa shape index (κ2) is 9.83. The highest BCUT2D eigenvalue weighted by Gasteiger charge is 2.43. The van der Waals surface area contributed by atoms with Crippen molar-refractivity contribution in [1.29, 1.82) is 0 Å². The molecule has 22 heavy (non-hydrogen) atoms. The number of amides is 1. The van der Waals surface area contributed by atoms with E-state index in [0.29, 0.717) is 12.0 Å². The van der Waals surface area contributed by atoms with Crippen molar-refractivity contribution in [2.75, 3.05) is 20.2 Å². The molecule has 0 bridgehead atoms. The second-order valence-electron chi connectivity index (χ2n) is 6.01. The van der Waals surface area contributed by atoms with Gasteiger partial charge in [-0.1, -0.05) is 19.3 Å². The first-order chi connectivity index (χ1) is 10.8. The molecular formula is C17H31N3O2. The number of hydrogen-bond donors (Lipinski definition) is 2. The highest BCUT2D eigenvalue weighted by molar-refractivity contribution is 5.82. The van der Waals surface area contributed by atoms with Crippen molar-refractivity contribution in [3.63, 3.8) is 0 Å². The number of likely N-dealkylation sites (tertiary alicyclic amines) is 1. The molecule has 0 aromatic heterocycles. The van der Waals surface area contributed by atoms with Gasteiger partial charge in [0.1, 0.15) is 0 Å². The molecule has 0 spiro atoms. The fraction of sp³-hybridized carbons (Fsp3) is 0.824. The molecule has 0 aromatic carbocycles. The fourth-order valence-electron chi connectivity index (χ4n) is 3.86. The molecule has 2 heterocycles. The summed E-state index contributed by atoms with van der Waals surface area (Å²) in [6.07, 6.45) is 16.3. The molecule has 0 radical (unpaired) electrons. The smallest absolute Gasteiger partial charge is 0.240 e. The molecule has 3 aliphatic rings. The maximum atomic E-state index is 12.5. The predicted octanol–water partition coefficient (Wildman–Crippen LogP) is 1.11. The van der Waals surface area contributed by atoms with E-state index in [9.17, 15) is 4.79 Å². The number of carbonyl (C=O) groups excluding carboxylic acids is 1. The summed E-state index contributed by atoms with van der Waals surface area (Å²) in [7, 11) is 1.50. The Labute approximate surface area is 134 Å². The van der Waals surface area contributed by atoms with Gasteiger partial charge in [0.2, 0.25) is 5.91 Å². The van der Waals surface area contributed by atoms with Gasteiger partial charge in [0, 0.05) is 13.2 Å². The van der Waals surface area contributed by atoms with E-state index in [0.717, 1.165) is 38.8 Å². The van der Waals surface area contributed by atoms with Gasteiger partial charge in [0.15, 0.2) is 0 Å². The number of carbonyl (C=O) groups is 1. The molecule has 0 aromatic rings. The van der Waals surface area contributed by atoms with Crippen LogP contribution in [-0.2, 0) is 9.53 Å². The van der Waals surface area contributed by atoms with Gasteiger partial charge < -0.3 is 21.1 Å². The first-order valence-corrected chi connectivity index (χ1v) is 8.36. The fourth-order valence-corrected chi connectivity index (χ4v) is 3.86. The third-order valence-electron chi connectivity index (χ3n) is 4.96.